The maximum atomic E-state index is 11.0. The topological polar surface area (TPSA) is 113 Å². The van der Waals surface area contributed by atoms with Crippen molar-refractivity contribution in [2.75, 3.05) is 6.54 Å². The van der Waals surface area contributed by atoms with Crippen molar-refractivity contribution in [1.29, 1.82) is 0 Å². The lowest BCUT2D eigenvalue weighted by atomic mass is 10.1. The molecular formula is C10H14N2O5S. The number of aromatic carboxylic acids is 1. The first-order valence-corrected chi connectivity index (χ1v) is 6.70. The van der Waals surface area contributed by atoms with Crippen LogP contribution in [0.1, 0.15) is 15.9 Å². The number of β-amino-alcohol motifs (C(OH)–C–C–N with tert-alkyl or cyclic N) is 1. The molecule has 7 nitrogen and oxygen atoms in total. The van der Waals surface area contributed by atoms with Gasteiger partial charge in [-0.1, -0.05) is 29.2 Å². The second-order valence-corrected chi connectivity index (χ2v) is 5.73. The lowest BCUT2D eigenvalue weighted by Crippen LogP contribution is -2.26. The average molecular weight is 274 g/mol. The van der Waals surface area contributed by atoms with Gasteiger partial charge >= 0.3 is 5.97 Å². The molecule has 0 aromatic heterocycles. The smallest absolute Gasteiger partial charge is 0.336 e. The molecule has 0 amide bonds. The van der Waals surface area contributed by atoms with Gasteiger partial charge in [-0.2, -0.15) is 9.03 Å². The summed E-state index contributed by atoms with van der Waals surface area (Å²) in [5, 5.41) is 18.3. The minimum absolute atomic E-state index is 0.0241. The third-order valence-electron chi connectivity index (χ3n) is 2.63. The van der Waals surface area contributed by atoms with Crippen LogP contribution in [0.15, 0.2) is 24.3 Å². The Labute approximate surface area is 105 Å². The molecule has 1 atom stereocenters. The van der Waals surface area contributed by atoms with Crippen molar-refractivity contribution in [2.24, 2.45) is 0 Å². The minimum atomic E-state index is -3.24. The number of aliphatic hydroxyl groups is 1. The van der Waals surface area contributed by atoms with Crippen molar-refractivity contribution >= 4 is 16.9 Å². The first kappa shape index (κ1) is 13.3. The summed E-state index contributed by atoms with van der Waals surface area (Å²) in [4.78, 5) is 11.0. The predicted molar refractivity (Wildman–Crippen MR) is 65.8 cm³/mol. The fourth-order valence-corrected chi connectivity index (χ4v) is 3.06. The quantitative estimate of drug-likeness (QED) is 0.551. The van der Waals surface area contributed by atoms with E-state index in [2.05, 4.69) is 4.72 Å². The summed E-state index contributed by atoms with van der Waals surface area (Å²) in [6.45, 7) is 0.0607. The molecule has 1 aromatic carbocycles. The van der Waals surface area contributed by atoms with Gasteiger partial charge in [0, 0.05) is 6.54 Å². The molecule has 1 fully saturated rings. The van der Waals surface area contributed by atoms with Crippen LogP contribution in [0, 0.1) is 0 Å². The summed E-state index contributed by atoms with van der Waals surface area (Å²) in [6.07, 6.45) is -1.04. The van der Waals surface area contributed by atoms with Gasteiger partial charge in [0.15, 0.2) is 0 Å². The number of nitrogens with one attached hydrogen (secondary N) is 1. The van der Waals surface area contributed by atoms with Crippen LogP contribution < -0.4 is 4.72 Å². The van der Waals surface area contributed by atoms with Crippen LogP contribution in [0.4, 0.5) is 0 Å². The Balaban J connectivity index is 2.22. The van der Waals surface area contributed by atoms with Crippen molar-refractivity contribution in [2.45, 2.75) is 12.8 Å². The molecule has 1 saturated heterocycles. The Morgan fingerprint density at radius 3 is 2.67 bits per heavy atom. The molecule has 0 aliphatic carbocycles. The van der Waals surface area contributed by atoms with Gasteiger partial charge in [-0.05, 0) is 11.6 Å². The zero-order chi connectivity index (χ0) is 13.3. The number of carbonyl (C=O) groups is 1. The van der Waals surface area contributed by atoms with E-state index in [4.69, 9.17) is 5.11 Å². The Hall–Kier alpha value is -1.16. The van der Waals surface area contributed by atoms with E-state index < -0.39 is 23.2 Å². The molecule has 18 heavy (non-hydrogen) atoms. The van der Waals surface area contributed by atoms with Crippen molar-refractivity contribution in [3.8, 4) is 0 Å². The monoisotopic (exact) mass is 274 g/mol. The number of benzene rings is 1. The third kappa shape index (κ3) is 2.64. The molecule has 0 saturated carbocycles. The Kier molecular flexibility index (Phi) is 3.57. The zero-order valence-corrected chi connectivity index (χ0v) is 10.2. The second-order valence-electron chi connectivity index (χ2n) is 3.94. The van der Waals surface area contributed by atoms with Crippen molar-refractivity contribution in [3.63, 3.8) is 0 Å². The van der Waals surface area contributed by atoms with Gasteiger partial charge in [0.25, 0.3) is 0 Å². The molecule has 1 heterocycles. The highest BCUT2D eigenvalue weighted by Crippen LogP contribution is 2.44. The Morgan fingerprint density at radius 1 is 1.44 bits per heavy atom. The van der Waals surface area contributed by atoms with E-state index in [1.807, 2.05) is 0 Å². The third-order valence-corrected chi connectivity index (χ3v) is 4.21. The summed E-state index contributed by atoms with van der Waals surface area (Å²) in [7, 11) is -3.24. The predicted octanol–water partition coefficient (Wildman–Crippen LogP) is 0.689. The highest BCUT2D eigenvalue weighted by atomic mass is 32.3. The molecule has 1 aliphatic rings. The van der Waals surface area contributed by atoms with Gasteiger partial charge in [-0.3, -0.25) is 9.11 Å². The van der Waals surface area contributed by atoms with Gasteiger partial charge in [0.05, 0.1) is 12.1 Å². The lowest BCUT2D eigenvalue weighted by molar-refractivity contribution is 0.0695. The summed E-state index contributed by atoms with van der Waals surface area (Å²) < 4.78 is 22.8. The second kappa shape index (κ2) is 4.84. The van der Waals surface area contributed by atoms with Crippen LogP contribution in [-0.2, 0) is 6.54 Å². The molecule has 0 spiro atoms. The number of hydrogen-bond acceptors (Lipinski definition) is 6. The van der Waals surface area contributed by atoms with Crippen molar-refractivity contribution in [1.82, 2.24) is 9.03 Å². The molecular weight excluding hydrogens is 260 g/mol. The van der Waals surface area contributed by atoms with Gasteiger partial charge in [0.2, 0.25) is 0 Å². The number of hydrogen-bond donors (Lipinski definition) is 5. The Bertz CT molecular complexity index is 467. The Morgan fingerprint density at radius 2 is 2.11 bits per heavy atom. The minimum Gasteiger partial charge on any atom is -0.478 e. The largest absolute Gasteiger partial charge is 0.478 e. The van der Waals surface area contributed by atoms with Crippen molar-refractivity contribution < 1.29 is 24.1 Å². The van der Waals surface area contributed by atoms with Gasteiger partial charge < -0.3 is 10.2 Å². The summed E-state index contributed by atoms with van der Waals surface area (Å²) >= 11 is 0. The molecule has 0 radical (unpaired) electrons. The maximum Gasteiger partial charge on any atom is 0.336 e. The molecule has 5 N–H and O–H groups in total. The number of rotatable bonds is 3. The van der Waals surface area contributed by atoms with Gasteiger partial charge in [-0.15, -0.1) is 0 Å². The number of carboxylic acids is 1. The van der Waals surface area contributed by atoms with Crippen LogP contribution in [-0.4, -0.2) is 42.4 Å². The molecule has 1 aliphatic heterocycles. The number of carboxylic acid groups (broad SMARTS) is 1. The van der Waals surface area contributed by atoms with Crippen LogP contribution in [0.2, 0.25) is 0 Å². The normalized spacial score (nSPS) is 24.9. The highest BCUT2D eigenvalue weighted by molar-refractivity contribution is 8.20. The number of nitrogens with zero attached hydrogens (tertiary/aromatic N) is 1. The molecule has 8 heteroatoms. The van der Waals surface area contributed by atoms with E-state index in [0.717, 1.165) is 0 Å². The van der Waals surface area contributed by atoms with E-state index in [0.29, 0.717) is 5.56 Å². The summed E-state index contributed by atoms with van der Waals surface area (Å²) in [5.74, 6) is -1.07. The van der Waals surface area contributed by atoms with Gasteiger partial charge in [0.1, 0.15) is 6.23 Å². The van der Waals surface area contributed by atoms with E-state index >= 15 is 0 Å². The van der Waals surface area contributed by atoms with Gasteiger partial charge in [-0.25, -0.2) is 4.79 Å². The van der Waals surface area contributed by atoms with Crippen LogP contribution in [0.3, 0.4) is 0 Å². The maximum absolute atomic E-state index is 11.0. The van der Waals surface area contributed by atoms with E-state index in [1.54, 1.807) is 18.2 Å². The van der Waals surface area contributed by atoms with E-state index in [-0.39, 0.29) is 18.7 Å². The first-order chi connectivity index (χ1) is 8.40. The summed E-state index contributed by atoms with van der Waals surface area (Å²) in [6, 6.07) is 6.32. The number of aliphatic hydroxyl groups excluding tert-OH is 1. The fraction of sp³-hybridized carbons (Fsp3) is 0.300. The van der Waals surface area contributed by atoms with Crippen LogP contribution in [0.5, 0.6) is 0 Å². The summed E-state index contributed by atoms with van der Waals surface area (Å²) in [5.41, 5.74) is 0.565. The molecule has 100 valence electrons. The molecule has 0 bridgehead atoms. The zero-order valence-electron chi connectivity index (χ0n) is 9.35. The highest BCUT2D eigenvalue weighted by Gasteiger charge is 2.35. The molecule has 1 aromatic rings. The van der Waals surface area contributed by atoms with Crippen molar-refractivity contribution in [3.05, 3.63) is 35.4 Å². The van der Waals surface area contributed by atoms with E-state index in [1.165, 1.54) is 10.4 Å². The SMILES string of the molecule is O=C(O)c1ccccc1CN1CC(O)NS1(O)O. The average Bonchev–Trinajstić information content (AvgIpc) is 2.52. The van der Waals surface area contributed by atoms with Crippen LogP contribution >= 0.6 is 11.0 Å². The van der Waals surface area contributed by atoms with Crippen LogP contribution in [0.25, 0.3) is 0 Å². The standard InChI is InChI=1S/C10H14N2O5S/c13-9-6-12(18(16,17)11-9)5-7-3-1-2-4-8(7)10(14)15/h1-4,9,11,13,16-17H,5-6H2,(H,14,15). The first-order valence-electron chi connectivity index (χ1n) is 5.20. The molecule has 2 rings (SSSR count). The van der Waals surface area contributed by atoms with E-state index in [9.17, 15) is 19.0 Å². The molecule has 1 unspecified atom stereocenters. The lowest BCUT2D eigenvalue weighted by Gasteiger charge is -2.35. The fourth-order valence-electron chi connectivity index (χ4n) is 1.80.